The van der Waals surface area contributed by atoms with Gasteiger partial charge in [0.05, 0.1) is 21.8 Å². The molecule has 0 bridgehead atoms. The van der Waals surface area contributed by atoms with Gasteiger partial charge in [0.25, 0.3) is 5.91 Å². The average molecular weight is 351 g/mol. The number of amides is 1. The third-order valence-electron chi connectivity index (χ3n) is 3.92. The fraction of sp³-hybridized carbons (Fsp3) is 0.389. The first-order chi connectivity index (χ1) is 11.1. The van der Waals surface area contributed by atoms with Gasteiger partial charge in [0, 0.05) is 17.4 Å². The van der Waals surface area contributed by atoms with Crippen LogP contribution in [0.15, 0.2) is 24.3 Å². The third-order valence-corrected chi connectivity index (χ3v) is 5.31. The molecule has 0 atom stereocenters. The van der Waals surface area contributed by atoms with E-state index in [4.69, 9.17) is 4.74 Å². The normalized spacial score (nSPS) is 18.1. The number of fused-ring (bicyclic) bond motifs is 1. The second-order valence-electron chi connectivity index (χ2n) is 7.09. The molecule has 0 unspecified atom stereocenters. The van der Waals surface area contributed by atoms with Crippen LogP contribution in [0.25, 0.3) is 0 Å². The fourth-order valence-corrected chi connectivity index (χ4v) is 4.33. The lowest BCUT2D eigenvalue weighted by Crippen LogP contribution is -2.41. The molecule has 1 aliphatic heterocycles. The Balaban J connectivity index is 1.87. The quantitative estimate of drug-likeness (QED) is 0.839. The highest BCUT2D eigenvalue weighted by Crippen LogP contribution is 2.45. The number of hydrogen-bond acceptors (Lipinski definition) is 3. The van der Waals surface area contributed by atoms with Crippen molar-refractivity contribution in [2.45, 2.75) is 45.3 Å². The predicted octanol–water partition coefficient (Wildman–Crippen LogP) is 4.87. The van der Waals surface area contributed by atoms with Crippen molar-refractivity contribution in [1.29, 1.82) is 0 Å². The molecule has 128 valence electrons. The molecule has 0 saturated heterocycles. The van der Waals surface area contributed by atoms with Crippen LogP contribution >= 0.6 is 11.3 Å². The first-order valence-corrected chi connectivity index (χ1v) is 8.49. The van der Waals surface area contributed by atoms with Crippen molar-refractivity contribution in [2.24, 2.45) is 0 Å². The molecule has 3 rings (SSSR count). The van der Waals surface area contributed by atoms with Gasteiger partial charge in [-0.2, -0.15) is 0 Å². The van der Waals surface area contributed by atoms with E-state index in [-0.39, 0.29) is 11.2 Å². The Morgan fingerprint density at radius 3 is 2.58 bits per heavy atom. The van der Waals surface area contributed by atoms with Gasteiger partial charge in [0.15, 0.2) is 0 Å². The number of benzene rings is 1. The van der Waals surface area contributed by atoms with E-state index >= 15 is 0 Å². The molecule has 1 aromatic carbocycles. The van der Waals surface area contributed by atoms with E-state index in [9.17, 15) is 13.6 Å². The van der Waals surface area contributed by atoms with Gasteiger partial charge in [-0.3, -0.25) is 4.79 Å². The molecule has 2 heterocycles. The molecule has 1 aliphatic rings. The number of hydrogen-bond donors (Lipinski definition) is 1. The van der Waals surface area contributed by atoms with Crippen LogP contribution in [0.5, 0.6) is 0 Å². The number of rotatable bonds is 2. The summed E-state index contributed by atoms with van der Waals surface area (Å²) in [6.45, 7) is 8.05. The van der Waals surface area contributed by atoms with Crippen molar-refractivity contribution in [1.82, 2.24) is 0 Å². The van der Waals surface area contributed by atoms with Crippen LogP contribution in [0.3, 0.4) is 0 Å². The van der Waals surface area contributed by atoms with Crippen LogP contribution in [-0.2, 0) is 16.8 Å². The van der Waals surface area contributed by atoms with E-state index in [1.54, 1.807) is 0 Å². The van der Waals surface area contributed by atoms with Gasteiger partial charge in [-0.1, -0.05) is 0 Å². The second kappa shape index (κ2) is 5.63. The summed E-state index contributed by atoms with van der Waals surface area (Å²) in [5.74, 6) is -2.18. The maximum atomic E-state index is 13.7. The Hall–Kier alpha value is -1.79. The Morgan fingerprint density at radius 2 is 1.92 bits per heavy atom. The van der Waals surface area contributed by atoms with Crippen molar-refractivity contribution in [3.8, 4) is 0 Å². The standard InChI is InChI=1S/C18H19F2NO2S/c1-17(2)9-10-7-14(24-15(10)18(3,4)23-17)21-16(22)12-6-5-11(19)8-13(12)20/h5-8H,9H2,1-4H3,(H,21,22). The molecule has 24 heavy (non-hydrogen) atoms. The topological polar surface area (TPSA) is 38.3 Å². The maximum absolute atomic E-state index is 13.7. The van der Waals surface area contributed by atoms with Gasteiger partial charge in [0.1, 0.15) is 11.6 Å². The molecule has 0 fully saturated rings. The molecule has 1 aromatic heterocycles. The van der Waals surface area contributed by atoms with Crippen molar-refractivity contribution < 1.29 is 18.3 Å². The Labute approximate surface area is 143 Å². The molecule has 1 N–H and O–H groups in total. The lowest BCUT2D eigenvalue weighted by molar-refractivity contribution is -0.135. The van der Waals surface area contributed by atoms with Crippen molar-refractivity contribution >= 4 is 22.2 Å². The van der Waals surface area contributed by atoms with Crippen LogP contribution in [0.2, 0.25) is 0 Å². The molecule has 0 spiro atoms. The summed E-state index contributed by atoms with van der Waals surface area (Å²) in [7, 11) is 0. The summed E-state index contributed by atoms with van der Waals surface area (Å²) in [6, 6.07) is 4.82. The minimum absolute atomic E-state index is 0.182. The highest BCUT2D eigenvalue weighted by Gasteiger charge is 2.39. The molecule has 0 radical (unpaired) electrons. The monoisotopic (exact) mass is 351 g/mol. The van der Waals surface area contributed by atoms with Crippen LogP contribution in [0.4, 0.5) is 13.8 Å². The summed E-state index contributed by atoms with van der Waals surface area (Å²) in [6.07, 6.45) is 0.739. The maximum Gasteiger partial charge on any atom is 0.259 e. The average Bonchev–Trinajstić information content (AvgIpc) is 2.79. The molecule has 0 saturated carbocycles. The van der Waals surface area contributed by atoms with E-state index in [2.05, 4.69) is 5.32 Å². The zero-order chi connectivity index (χ0) is 17.7. The number of ether oxygens (including phenoxy) is 1. The Bertz CT molecular complexity index is 811. The lowest BCUT2D eigenvalue weighted by atomic mass is 9.89. The molecular formula is C18H19F2NO2S. The number of halogens is 2. The predicted molar refractivity (Wildman–Crippen MR) is 90.5 cm³/mol. The van der Waals surface area contributed by atoms with Gasteiger partial charge in [0.2, 0.25) is 0 Å². The summed E-state index contributed by atoms with van der Waals surface area (Å²) < 4.78 is 32.8. The summed E-state index contributed by atoms with van der Waals surface area (Å²) in [5.41, 5.74) is 0.197. The van der Waals surface area contributed by atoms with Gasteiger partial charge >= 0.3 is 0 Å². The largest absolute Gasteiger partial charge is 0.364 e. The van der Waals surface area contributed by atoms with Crippen molar-refractivity contribution in [2.75, 3.05) is 5.32 Å². The van der Waals surface area contributed by atoms with Gasteiger partial charge in [-0.25, -0.2) is 8.78 Å². The number of thiophene rings is 1. The van der Waals surface area contributed by atoms with E-state index in [1.165, 1.54) is 11.3 Å². The minimum Gasteiger partial charge on any atom is -0.364 e. The first-order valence-electron chi connectivity index (χ1n) is 7.67. The highest BCUT2D eigenvalue weighted by molar-refractivity contribution is 7.16. The van der Waals surface area contributed by atoms with Gasteiger partial charge in [-0.05, 0) is 51.5 Å². The number of anilines is 1. The molecule has 2 aromatic rings. The van der Waals surface area contributed by atoms with Crippen LogP contribution in [0, 0.1) is 11.6 Å². The zero-order valence-electron chi connectivity index (χ0n) is 14.0. The number of carbonyl (C=O) groups excluding carboxylic acids is 1. The zero-order valence-corrected chi connectivity index (χ0v) is 14.8. The van der Waals surface area contributed by atoms with Crippen LogP contribution < -0.4 is 5.32 Å². The van der Waals surface area contributed by atoms with E-state index < -0.39 is 23.1 Å². The van der Waals surface area contributed by atoms with Gasteiger partial charge in [-0.15, -0.1) is 11.3 Å². The minimum atomic E-state index is -0.876. The summed E-state index contributed by atoms with van der Waals surface area (Å²) in [4.78, 5) is 13.3. The Morgan fingerprint density at radius 1 is 1.21 bits per heavy atom. The van der Waals surface area contributed by atoms with Crippen LogP contribution in [-0.4, -0.2) is 11.5 Å². The first kappa shape index (κ1) is 17.0. The Kier molecular flexibility index (Phi) is 4.00. The lowest BCUT2D eigenvalue weighted by Gasteiger charge is -2.41. The smallest absolute Gasteiger partial charge is 0.259 e. The van der Waals surface area contributed by atoms with E-state index in [0.29, 0.717) is 11.1 Å². The van der Waals surface area contributed by atoms with E-state index in [1.807, 2.05) is 33.8 Å². The summed E-state index contributed by atoms with van der Waals surface area (Å²) >= 11 is 1.42. The number of nitrogens with one attached hydrogen (secondary N) is 1. The van der Waals surface area contributed by atoms with Crippen molar-refractivity contribution in [3.63, 3.8) is 0 Å². The second-order valence-corrected chi connectivity index (χ2v) is 8.14. The molecule has 6 heteroatoms. The van der Waals surface area contributed by atoms with Gasteiger partial charge < -0.3 is 10.1 Å². The SMILES string of the molecule is CC1(C)Cc2cc(NC(=O)c3ccc(F)cc3F)sc2C(C)(C)O1. The van der Waals surface area contributed by atoms with E-state index in [0.717, 1.165) is 29.0 Å². The highest BCUT2D eigenvalue weighted by atomic mass is 32.1. The number of carbonyl (C=O) groups is 1. The van der Waals surface area contributed by atoms with Crippen LogP contribution in [0.1, 0.15) is 48.5 Å². The molecule has 1 amide bonds. The molecule has 3 nitrogen and oxygen atoms in total. The molecular weight excluding hydrogens is 332 g/mol. The summed E-state index contributed by atoms with van der Waals surface area (Å²) in [5, 5.41) is 3.33. The fourth-order valence-electron chi connectivity index (χ4n) is 3.22. The third kappa shape index (κ3) is 3.21. The van der Waals surface area contributed by atoms with Crippen molar-refractivity contribution in [3.05, 3.63) is 51.9 Å². The molecule has 0 aliphatic carbocycles.